The van der Waals surface area contributed by atoms with E-state index in [0.717, 1.165) is 25.1 Å². The predicted molar refractivity (Wildman–Crippen MR) is 55.1 cm³/mol. The number of nitrogens with zero attached hydrogens (tertiary/aromatic N) is 2. The summed E-state index contributed by atoms with van der Waals surface area (Å²) < 4.78 is 1.68. The van der Waals surface area contributed by atoms with Crippen molar-refractivity contribution >= 4 is 0 Å². The Morgan fingerprint density at radius 2 is 2.36 bits per heavy atom. The van der Waals surface area contributed by atoms with E-state index >= 15 is 0 Å². The molecular weight excluding hydrogens is 176 g/mol. The third kappa shape index (κ3) is 1.76. The minimum absolute atomic E-state index is 0.0509. The highest BCUT2D eigenvalue weighted by Gasteiger charge is 2.21. The van der Waals surface area contributed by atoms with E-state index < -0.39 is 0 Å². The minimum Gasteiger partial charge on any atom is -0.299 e. The van der Waals surface area contributed by atoms with Crippen LogP contribution in [0.25, 0.3) is 0 Å². The maximum absolute atomic E-state index is 11.5. The highest BCUT2D eigenvalue weighted by molar-refractivity contribution is 5.07. The first-order valence-electron chi connectivity index (χ1n) is 4.85. The van der Waals surface area contributed by atoms with E-state index in [9.17, 15) is 4.79 Å². The van der Waals surface area contributed by atoms with Crippen LogP contribution in [0.4, 0.5) is 0 Å². The van der Waals surface area contributed by atoms with Crippen molar-refractivity contribution in [2.24, 2.45) is 5.92 Å². The van der Waals surface area contributed by atoms with Crippen molar-refractivity contribution in [1.29, 1.82) is 0 Å². The quantitative estimate of drug-likeness (QED) is 0.663. The Bertz CT molecular complexity index is 412. The van der Waals surface area contributed by atoms with Gasteiger partial charge in [0.25, 0.3) is 5.56 Å². The molecule has 3 heteroatoms. The number of hydrogen-bond acceptors (Lipinski definition) is 2. The summed E-state index contributed by atoms with van der Waals surface area (Å²) in [5.41, 5.74) is 2.13. The van der Waals surface area contributed by atoms with E-state index in [0.29, 0.717) is 5.92 Å². The number of rotatable bonds is 2. The van der Waals surface area contributed by atoms with Crippen LogP contribution in [0, 0.1) is 12.8 Å². The molecule has 0 saturated heterocycles. The Morgan fingerprint density at radius 3 is 2.93 bits per heavy atom. The Hall–Kier alpha value is -1.38. The molecule has 0 spiro atoms. The zero-order valence-electron chi connectivity index (χ0n) is 8.36. The van der Waals surface area contributed by atoms with E-state index in [2.05, 4.69) is 11.6 Å². The van der Waals surface area contributed by atoms with Crippen molar-refractivity contribution in [3.05, 3.63) is 40.6 Å². The summed E-state index contributed by atoms with van der Waals surface area (Å²) in [7, 11) is 0. The molecule has 1 aromatic heterocycles. The van der Waals surface area contributed by atoms with Crippen molar-refractivity contribution in [1.82, 2.24) is 9.55 Å². The fourth-order valence-electron chi connectivity index (χ4n) is 1.82. The third-order valence-corrected chi connectivity index (χ3v) is 2.63. The molecule has 2 rings (SSSR count). The summed E-state index contributed by atoms with van der Waals surface area (Å²) in [5.74, 6) is 0.588. The zero-order chi connectivity index (χ0) is 10.1. The molecule has 0 bridgehead atoms. The fraction of sp³-hybridized carbons (Fsp3) is 0.455. The first-order valence-corrected chi connectivity index (χ1v) is 4.85. The number of hydrogen-bond donors (Lipinski definition) is 0. The Balaban J connectivity index is 2.10. The lowest BCUT2D eigenvalue weighted by molar-refractivity contribution is 0.354. The molecule has 0 aromatic carbocycles. The number of allylic oxidation sites excluding steroid dienone is 1. The topological polar surface area (TPSA) is 34.9 Å². The molecule has 0 amide bonds. The van der Waals surface area contributed by atoms with Crippen molar-refractivity contribution in [3.8, 4) is 0 Å². The molecule has 1 aliphatic carbocycles. The Labute approximate surface area is 83.1 Å². The molecule has 3 nitrogen and oxygen atoms in total. The lowest BCUT2D eigenvalue weighted by atomic mass is 9.81. The van der Waals surface area contributed by atoms with Gasteiger partial charge in [-0.2, -0.15) is 0 Å². The van der Waals surface area contributed by atoms with Crippen molar-refractivity contribution < 1.29 is 0 Å². The van der Waals surface area contributed by atoms with Crippen LogP contribution >= 0.6 is 0 Å². The molecular formula is C11H14N2O. The van der Waals surface area contributed by atoms with E-state index in [1.165, 1.54) is 5.57 Å². The van der Waals surface area contributed by atoms with E-state index in [1.807, 2.05) is 6.92 Å². The van der Waals surface area contributed by atoms with Gasteiger partial charge >= 0.3 is 0 Å². The second-order valence-corrected chi connectivity index (χ2v) is 4.05. The number of aromatic nitrogens is 2. The molecule has 1 aliphatic rings. The van der Waals surface area contributed by atoms with Crippen LogP contribution in [0.2, 0.25) is 0 Å². The highest BCUT2D eigenvalue weighted by atomic mass is 16.1. The van der Waals surface area contributed by atoms with Crippen LogP contribution in [0.5, 0.6) is 0 Å². The molecule has 14 heavy (non-hydrogen) atoms. The lowest BCUT2D eigenvalue weighted by Gasteiger charge is -2.28. The summed E-state index contributed by atoms with van der Waals surface area (Å²) >= 11 is 0. The first-order chi connectivity index (χ1) is 6.65. The molecule has 0 radical (unpaired) electrons. The van der Waals surface area contributed by atoms with Gasteiger partial charge in [-0.3, -0.25) is 9.36 Å². The van der Waals surface area contributed by atoms with Crippen LogP contribution in [0.3, 0.4) is 0 Å². The van der Waals surface area contributed by atoms with Crippen LogP contribution in [0.15, 0.2) is 29.3 Å². The average molecular weight is 190 g/mol. The first kappa shape index (κ1) is 9.19. The van der Waals surface area contributed by atoms with Crippen molar-refractivity contribution in [2.75, 3.05) is 0 Å². The minimum atomic E-state index is 0.0509. The largest absolute Gasteiger partial charge is 0.299 e. The number of aryl methyl sites for hydroxylation is 1. The monoisotopic (exact) mass is 190 g/mol. The van der Waals surface area contributed by atoms with Crippen molar-refractivity contribution in [2.45, 2.75) is 26.3 Å². The second-order valence-electron chi connectivity index (χ2n) is 4.05. The fourth-order valence-corrected chi connectivity index (χ4v) is 1.82. The predicted octanol–water partition coefficient (Wildman–Crippen LogP) is 1.52. The van der Waals surface area contributed by atoms with Gasteiger partial charge in [0.05, 0.1) is 6.33 Å². The molecule has 1 saturated carbocycles. The molecule has 0 unspecified atom stereocenters. The van der Waals surface area contributed by atoms with Gasteiger partial charge in [-0.25, -0.2) is 4.98 Å². The normalized spacial score (nSPS) is 16.8. The molecule has 1 fully saturated rings. The smallest absolute Gasteiger partial charge is 0.253 e. The van der Waals surface area contributed by atoms with Crippen LogP contribution < -0.4 is 5.56 Å². The van der Waals surface area contributed by atoms with Gasteiger partial charge in [0.1, 0.15) is 0 Å². The highest BCUT2D eigenvalue weighted by Crippen LogP contribution is 2.32. The standard InChI is InChI=1S/C11H14N2O/c1-8-3-10(4-8)6-13-7-12-9(2)5-11(13)14/h5,7,10H,1,3-4,6H2,2H3. The third-order valence-electron chi connectivity index (χ3n) is 2.63. The van der Waals surface area contributed by atoms with Gasteiger partial charge in [0.2, 0.25) is 0 Å². The zero-order valence-corrected chi connectivity index (χ0v) is 8.36. The Morgan fingerprint density at radius 1 is 1.64 bits per heavy atom. The van der Waals surface area contributed by atoms with Gasteiger partial charge in [-0.1, -0.05) is 12.2 Å². The SMILES string of the molecule is C=C1CC(Cn2cnc(C)cc2=O)C1. The average Bonchev–Trinajstić information content (AvgIpc) is 2.06. The molecule has 0 aliphatic heterocycles. The van der Waals surface area contributed by atoms with Crippen LogP contribution in [0.1, 0.15) is 18.5 Å². The van der Waals surface area contributed by atoms with Gasteiger partial charge in [-0.15, -0.1) is 0 Å². The van der Waals surface area contributed by atoms with E-state index in [4.69, 9.17) is 0 Å². The molecule has 1 aromatic rings. The second kappa shape index (κ2) is 3.40. The van der Waals surface area contributed by atoms with E-state index in [1.54, 1.807) is 17.0 Å². The maximum atomic E-state index is 11.5. The summed E-state index contributed by atoms with van der Waals surface area (Å²) in [6.45, 7) is 6.50. The molecule has 74 valence electrons. The lowest BCUT2D eigenvalue weighted by Crippen LogP contribution is -2.27. The maximum Gasteiger partial charge on any atom is 0.253 e. The van der Waals surface area contributed by atoms with Crippen LogP contribution in [-0.2, 0) is 6.54 Å². The summed E-state index contributed by atoms with van der Waals surface area (Å²) in [5, 5.41) is 0. The Kier molecular flexibility index (Phi) is 2.23. The molecule has 0 atom stereocenters. The van der Waals surface area contributed by atoms with Gasteiger partial charge in [0.15, 0.2) is 0 Å². The van der Waals surface area contributed by atoms with Gasteiger partial charge < -0.3 is 0 Å². The molecule has 0 N–H and O–H groups in total. The summed E-state index contributed by atoms with van der Waals surface area (Å²) in [4.78, 5) is 15.6. The summed E-state index contributed by atoms with van der Waals surface area (Å²) in [6, 6.07) is 1.58. The summed E-state index contributed by atoms with van der Waals surface area (Å²) in [6.07, 6.45) is 3.75. The van der Waals surface area contributed by atoms with Crippen LogP contribution in [-0.4, -0.2) is 9.55 Å². The van der Waals surface area contributed by atoms with E-state index in [-0.39, 0.29) is 5.56 Å². The van der Waals surface area contributed by atoms with Gasteiger partial charge in [-0.05, 0) is 25.7 Å². The van der Waals surface area contributed by atoms with Crippen molar-refractivity contribution in [3.63, 3.8) is 0 Å². The molecule has 1 heterocycles. The van der Waals surface area contributed by atoms with Gasteiger partial charge in [0, 0.05) is 18.3 Å².